The predicted octanol–water partition coefficient (Wildman–Crippen LogP) is -2.11. The lowest BCUT2D eigenvalue weighted by molar-refractivity contribution is -0.400. The highest BCUT2D eigenvalue weighted by molar-refractivity contribution is 5.77. The van der Waals surface area contributed by atoms with E-state index in [4.69, 9.17) is 66.3 Å². The van der Waals surface area contributed by atoms with Crippen molar-refractivity contribution in [3.05, 3.63) is 24.3 Å². The number of carbonyl (C=O) groups is 5. The zero-order valence-electron chi connectivity index (χ0n) is 80.1. The standard InChI is InChI=1S/C93H164N4O40/c1-7-9-11-13-15-17-19-21-22-23-24-25-26-27-28-30-32-34-36-38-40-42-64(109)97-55(56(106)41-39-37-35-33-31-29-20-18-16-14-12-10-8-2)49-124-88-77(119)75(117)80(61(47-101)130-88)132-90-78(120)84(72(114)63(131-90)50-125-86-66(95-53(5)104)73(115)70(112)59(45-99)127-86)135-87-67(96-54(6)105)83(81(62(48-102)129-87)133-89-76(118)74(116)68(110)51(3)126-89)134-91-79(121)85(71(113)60(46-100)128-91)137-93(92(122)123)43-57(107)65(94-52(4)103)82(136-93)69(111)58(108)44-98/h21-22,39,41,51,55-63,65-91,98-102,106-108,110-121H,7-20,23-38,40,42-50H2,1-6H3,(H,94,103)(H,95,104)(H,96,105)(H,97,109)(H,122,123)/b22-21-,41-39+/t51?,55-,56+,57?,58+,59?,60?,61?,62?,63?,65+,66?,67?,68+,69+,70+,71-,72-,73+,74?,75+,76-,77?,78?,79?,80+,81+,82?,83+,84-,85-,86+,87-,88+,89+,90-,91-,93-/m0/s1. The van der Waals surface area contributed by atoms with Gasteiger partial charge < -0.3 is 195 Å². The van der Waals surface area contributed by atoms with Crippen molar-refractivity contribution in [3.8, 4) is 0 Å². The Bertz CT molecular complexity index is 3450. The monoisotopic (exact) mass is 1980 g/mol. The van der Waals surface area contributed by atoms with Crippen molar-refractivity contribution < 1.29 is 198 Å². The lowest BCUT2D eigenvalue weighted by Crippen LogP contribution is -2.72. The van der Waals surface area contributed by atoms with E-state index in [0.29, 0.717) is 12.8 Å². The fourth-order valence-corrected chi connectivity index (χ4v) is 18.3. The molecule has 7 rings (SSSR count). The van der Waals surface area contributed by atoms with Gasteiger partial charge >= 0.3 is 5.97 Å². The third-order valence-corrected chi connectivity index (χ3v) is 26.3. The van der Waals surface area contributed by atoms with Crippen molar-refractivity contribution in [3.63, 3.8) is 0 Å². The van der Waals surface area contributed by atoms with E-state index < -0.39 is 315 Å². The zero-order chi connectivity index (χ0) is 101. The van der Waals surface area contributed by atoms with E-state index >= 15 is 0 Å². The van der Waals surface area contributed by atoms with Crippen molar-refractivity contribution in [2.24, 2.45) is 0 Å². The van der Waals surface area contributed by atoms with Crippen LogP contribution in [0.2, 0.25) is 0 Å². The molecule has 44 heteroatoms. The molecule has 0 bridgehead atoms. The Hall–Kier alpha value is -4.53. The summed E-state index contributed by atoms with van der Waals surface area (Å²) in [4.78, 5) is 66.3. The number of carbonyl (C=O) groups excluding carboxylic acids is 4. The second-order valence-corrected chi connectivity index (χ2v) is 37.4. The van der Waals surface area contributed by atoms with Crippen LogP contribution in [0.1, 0.15) is 253 Å². The maximum absolute atomic E-state index is 13.9. The second kappa shape index (κ2) is 62.3. The molecule has 0 radical (unpaired) electrons. The summed E-state index contributed by atoms with van der Waals surface area (Å²) in [5, 5.41) is 249. The van der Waals surface area contributed by atoms with Crippen LogP contribution in [0.15, 0.2) is 24.3 Å². The van der Waals surface area contributed by atoms with E-state index in [1.165, 1.54) is 122 Å². The number of unbranched alkanes of at least 4 members (excludes halogenated alkanes) is 28. The van der Waals surface area contributed by atoms with Gasteiger partial charge in [-0.2, -0.15) is 0 Å². The Labute approximate surface area is 801 Å². The van der Waals surface area contributed by atoms with Gasteiger partial charge in [0.05, 0.1) is 76.6 Å². The minimum absolute atomic E-state index is 0.101. The van der Waals surface area contributed by atoms with Crippen LogP contribution in [0.4, 0.5) is 0 Å². The summed E-state index contributed by atoms with van der Waals surface area (Å²) >= 11 is 0. The Morgan fingerprint density at radius 2 is 0.825 bits per heavy atom. The molecular formula is C93H164N4O40. The van der Waals surface area contributed by atoms with Crippen LogP contribution in [0.25, 0.3) is 0 Å². The lowest BCUT2D eigenvalue weighted by atomic mass is 9.88. The van der Waals surface area contributed by atoms with Gasteiger partial charge in [0.1, 0.15) is 159 Å². The van der Waals surface area contributed by atoms with Gasteiger partial charge in [0.2, 0.25) is 23.6 Å². The molecule has 0 aliphatic carbocycles. The number of carboxylic acid groups (broad SMARTS) is 1. The molecule has 4 amide bonds. The number of nitrogens with one attached hydrogen (secondary N) is 4. The van der Waals surface area contributed by atoms with Gasteiger partial charge in [-0.1, -0.05) is 192 Å². The number of hydrogen-bond donors (Lipinski definition) is 25. The topological polar surface area (TPSA) is 688 Å². The fraction of sp³-hybridized carbons (Fsp3) is 0.903. The quantitative estimate of drug-likeness (QED) is 0.0229. The summed E-state index contributed by atoms with van der Waals surface area (Å²) in [6.07, 6.45) is -28.1. The van der Waals surface area contributed by atoms with E-state index in [1.807, 2.05) is 0 Å². The summed E-state index contributed by atoms with van der Waals surface area (Å²) in [7, 11) is 0. The molecule has 7 saturated heterocycles. The average molecular weight is 1980 g/mol. The largest absolute Gasteiger partial charge is 0.477 e. The van der Waals surface area contributed by atoms with Gasteiger partial charge in [0.25, 0.3) is 5.79 Å². The smallest absolute Gasteiger partial charge is 0.364 e. The number of allylic oxidation sites excluding steroid dienone is 3. The molecule has 7 aliphatic heterocycles. The first-order valence-corrected chi connectivity index (χ1v) is 49.6. The van der Waals surface area contributed by atoms with Crippen LogP contribution < -0.4 is 21.3 Å². The highest BCUT2D eigenvalue weighted by Gasteiger charge is 2.63. The van der Waals surface area contributed by atoms with Gasteiger partial charge in [0, 0.05) is 33.6 Å². The molecule has 7 fully saturated rings. The van der Waals surface area contributed by atoms with E-state index in [1.54, 1.807) is 6.08 Å². The maximum atomic E-state index is 13.9. The Kier molecular flexibility index (Phi) is 54.3. The molecule has 0 saturated carbocycles. The molecule has 0 spiro atoms. The van der Waals surface area contributed by atoms with Crippen molar-refractivity contribution in [2.45, 2.75) is 486 Å². The fourth-order valence-electron chi connectivity index (χ4n) is 18.3. The van der Waals surface area contributed by atoms with Gasteiger partial charge in [-0.25, -0.2) is 4.79 Å². The molecule has 0 aromatic rings. The van der Waals surface area contributed by atoms with Crippen molar-refractivity contribution in [1.82, 2.24) is 21.3 Å². The number of carboxylic acids is 1. The number of aliphatic carboxylic acids is 1. The Morgan fingerprint density at radius 3 is 1.35 bits per heavy atom. The first kappa shape index (κ1) is 119. The zero-order valence-corrected chi connectivity index (χ0v) is 80.1. The van der Waals surface area contributed by atoms with Gasteiger partial charge in [-0.15, -0.1) is 0 Å². The van der Waals surface area contributed by atoms with Crippen LogP contribution >= 0.6 is 0 Å². The van der Waals surface area contributed by atoms with Crippen LogP contribution in [0, 0.1) is 0 Å². The summed E-state index contributed by atoms with van der Waals surface area (Å²) in [5.74, 6) is -8.67. The number of ether oxygens (including phenoxy) is 14. The van der Waals surface area contributed by atoms with Crippen LogP contribution in [0.3, 0.4) is 0 Å². The molecule has 0 aromatic carbocycles. The van der Waals surface area contributed by atoms with Gasteiger partial charge in [-0.3, -0.25) is 19.2 Å². The Morgan fingerprint density at radius 1 is 0.401 bits per heavy atom. The molecule has 38 atom stereocenters. The molecule has 7 aliphatic rings. The molecule has 25 N–H and O–H groups in total. The average Bonchev–Trinajstić information content (AvgIpc) is 0.753. The van der Waals surface area contributed by atoms with Crippen molar-refractivity contribution in [2.75, 3.05) is 46.2 Å². The van der Waals surface area contributed by atoms with Gasteiger partial charge in [0.15, 0.2) is 37.7 Å². The molecule has 44 nitrogen and oxygen atoms in total. The SMILES string of the molecule is CCCCCCCC/C=C\CCCCCCCCCCCCCC(=O)N[C@@H](CO[C@@H]1OC(CO)[C@@H](O[C@@H]2OC(CO[C@@H]3OC(CO)[C@@H](O)[C@H](O)C3NC(C)=O)[C@H](O)[C@H](O[C@@H]3OC(CO)[C@@H](O[C@H]4OC(C)[C@@H](O)C(O)[C@@H]4O)[C@H](O[C@@H]4OC(CO)[C@H](O)[C@H](O[C@]5(C(=O)O)CC(O)[C@@H](NC(C)=O)C([C@H](O)[C@H](O)CO)O5)C4O)C3NC(C)=O)C2O)[C@H](O)C1O)[C@H](O)/C=C/CCCCCCCCCCCCC. The number of rotatable bonds is 63. The molecule has 14 unspecified atom stereocenters. The second-order valence-electron chi connectivity index (χ2n) is 37.4. The number of aliphatic hydroxyl groups excluding tert-OH is 20. The predicted molar refractivity (Wildman–Crippen MR) is 481 cm³/mol. The van der Waals surface area contributed by atoms with E-state index in [-0.39, 0.29) is 6.42 Å². The molecule has 137 heavy (non-hydrogen) atoms. The van der Waals surface area contributed by atoms with Crippen molar-refractivity contribution in [1.29, 1.82) is 0 Å². The third-order valence-electron chi connectivity index (χ3n) is 26.3. The lowest BCUT2D eigenvalue weighted by Gasteiger charge is -2.52. The first-order chi connectivity index (χ1) is 65.5. The van der Waals surface area contributed by atoms with Crippen LogP contribution in [0.5, 0.6) is 0 Å². The van der Waals surface area contributed by atoms with E-state index in [2.05, 4.69) is 47.3 Å². The van der Waals surface area contributed by atoms with Gasteiger partial charge in [-0.05, 0) is 51.9 Å². The third kappa shape index (κ3) is 36.3. The number of hydrogen-bond acceptors (Lipinski definition) is 39. The van der Waals surface area contributed by atoms with Crippen molar-refractivity contribution >= 4 is 29.6 Å². The normalized spacial score (nSPS) is 36.4. The molecule has 796 valence electrons. The first-order valence-electron chi connectivity index (χ1n) is 49.6. The summed E-state index contributed by atoms with van der Waals surface area (Å²) in [6, 6.07) is -6.77. The van der Waals surface area contributed by atoms with Crippen LogP contribution in [-0.2, 0) is 90.3 Å². The maximum Gasteiger partial charge on any atom is 0.364 e. The molecular weight excluding hydrogens is 1810 g/mol. The number of aliphatic hydroxyl groups is 20. The summed E-state index contributed by atoms with van der Waals surface area (Å²) in [5.41, 5.74) is 0. The molecule has 7 heterocycles. The van der Waals surface area contributed by atoms with E-state index in [0.717, 1.165) is 97.8 Å². The highest BCUT2D eigenvalue weighted by Crippen LogP contribution is 2.42. The highest BCUT2D eigenvalue weighted by atomic mass is 16.8. The minimum Gasteiger partial charge on any atom is -0.477 e. The molecule has 0 aromatic heterocycles. The van der Waals surface area contributed by atoms with Crippen LogP contribution in [-0.4, -0.2) is 416 Å². The Balaban J connectivity index is 1.15. The summed E-state index contributed by atoms with van der Waals surface area (Å²) < 4.78 is 85.5. The summed E-state index contributed by atoms with van der Waals surface area (Å²) in [6.45, 7) is 1.23. The van der Waals surface area contributed by atoms with E-state index in [9.17, 15) is 131 Å². The number of amides is 4. The minimum atomic E-state index is -3.36.